The van der Waals surface area contributed by atoms with Gasteiger partial charge < -0.3 is 20.1 Å². The Labute approximate surface area is 308 Å². The zero-order valence-corrected chi connectivity index (χ0v) is 32.2. The van der Waals surface area contributed by atoms with E-state index in [1.54, 1.807) is 0 Å². The normalized spacial score (nSPS) is 14.5. The van der Waals surface area contributed by atoms with Crippen LogP contribution in [0.15, 0.2) is 97.2 Å². The lowest BCUT2D eigenvalue weighted by Gasteiger charge is -2.19. The van der Waals surface area contributed by atoms with Gasteiger partial charge in [-0.3, -0.25) is 18.6 Å². The summed E-state index contributed by atoms with van der Waals surface area (Å²) >= 11 is 0. The van der Waals surface area contributed by atoms with Crippen molar-refractivity contribution in [1.82, 2.24) is 0 Å². The molecule has 9 nitrogen and oxygen atoms in total. The van der Waals surface area contributed by atoms with E-state index in [-0.39, 0.29) is 32.6 Å². The molecule has 0 heterocycles. The van der Waals surface area contributed by atoms with Crippen LogP contribution in [0.1, 0.15) is 117 Å². The molecule has 51 heavy (non-hydrogen) atoms. The first-order valence-corrected chi connectivity index (χ1v) is 20.3. The van der Waals surface area contributed by atoms with Crippen LogP contribution in [-0.2, 0) is 32.7 Å². The summed E-state index contributed by atoms with van der Waals surface area (Å²) in [6.45, 7) is 3.35. The van der Waals surface area contributed by atoms with Crippen LogP contribution in [0.2, 0.25) is 0 Å². The van der Waals surface area contributed by atoms with Gasteiger partial charge in [0, 0.05) is 19.4 Å². The highest BCUT2D eigenvalue weighted by atomic mass is 31.2. The summed E-state index contributed by atoms with van der Waals surface area (Å²) in [5.74, 6) is -0.919. The van der Waals surface area contributed by atoms with E-state index in [0.29, 0.717) is 12.8 Å². The maximum Gasteiger partial charge on any atom is 0.472 e. The number of carbonyl (C=O) groups excluding carboxylic acids is 2. The summed E-state index contributed by atoms with van der Waals surface area (Å²) in [5.41, 5.74) is 5.32. The quantitative estimate of drug-likeness (QED) is 0.0222. The number of esters is 2. The molecule has 288 valence electrons. The molecule has 0 aromatic rings. The van der Waals surface area contributed by atoms with Crippen molar-refractivity contribution in [2.24, 2.45) is 5.73 Å². The van der Waals surface area contributed by atoms with Crippen molar-refractivity contribution in [3.8, 4) is 0 Å². The third-order valence-corrected chi connectivity index (χ3v) is 8.04. The van der Waals surface area contributed by atoms with E-state index in [2.05, 4.69) is 80.7 Å². The van der Waals surface area contributed by atoms with Crippen LogP contribution in [0, 0.1) is 0 Å². The SMILES string of the molecule is CC/C=C/C=C/C=C/C=C/CCCCCCCC(=O)O[C@H](COC(=O)CCCC/C=C/C/C=C/C/C=C/C/C=C/CC)COP(=O)(O)OCCN. The molecule has 0 aliphatic heterocycles. The molecule has 0 amide bonds. The van der Waals surface area contributed by atoms with Gasteiger partial charge in [0.05, 0.1) is 13.2 Å². The summed E-state index contributed by atoms with van der Waals surface area (Å²) < 4.78 is 32.6. The lowest BCUT2D eigenvalue weighted by atomic mass is 10.1. The Morgan fingerprint density at radius 1 is 0.608 bits per heavy atom. The van der Waals surface area contributed by atoms with Gasteiger partial charge in [-0.2, -0.15) is 0 Å². The molecule has 0 fully saturated rings. The molecule has 0 aliphatic rings. The van der Waals surface area contributed by atoms with E-state index in [9.17, 15) is 19.0 Å². The van der Waals surface area contributed by atoms with Crippen molar-refractivity contribution in [3.05, 3.63) is 97.2 Å². The number of unbranched alkanes of at least 4 members (excludes halogenated alkanes) is 7. The maximum absolute atomic E-state index is 12.5. The molecule has 0 spiro atoms. The number of carbonyl (C=O) groups is 2. The summed E-state index contributed by atoms with van der Waals surface area (Å²) in [5, 5.41) is 0. The maximum atomic E-state index is 12.5. The molecule has 1 unspecified atom stereocenters. The Morgan fingerprint density at radius 2 is 1.12 bits per heavy atom. The molecule has 0 saturated heterocycles. The molecule has 0 bridgehead atoms. The Morgan fingerprint density at radius 3 is 1.78 bits per heavy atom. The van der Waals surface area contributed by atoms with Crippen molar-refractivity contribution in [2.45, 2.75) is 123 Å². The molecule has 2 atom stereocenters. The number of phosphoric acid groups is 1. The van der Waals surface area contributed by atoms with Gasteiger partial charge in [-0.15, -0.1) is 0 Å². The Bertz CT molecular complexity index is 1150. The van der Waals surface area contributed by atoms with E-state index >= 15 is 0 Å². The minimum absolute atomic E-state index is 0.0372. The average Bonchev–Trinajstić information content (AvgIpc) is 3.11. The van der Waals surface area contributed by atoms with E-state index in [1.807, 2.05) is 30.4 Å². The molecule has 0 rings (SSSR count). The van der Waals surface area contributed by atoms with Gasteiger partial charge in [-0.1, -0.05) is 130 Å². The zero-order valence-electron chi connectivity index (χ0n) is 31.3. The van der Waals surface area contributed by atoms with Crippen LogP contribution in [0.4, 0.5) is 0 Å². The van der Waals surface area contributed by atoms with E-state index < -0.39 is 32.5 Å². The van der Waals surface area contributed by atoms with Gasteiger partial charge in [-0.25, -0.2) is 4.57 Å². The van der Waals surface area contributed by atoms with Gasteiger partial charge >= 0.3 is 19.8 Å². The highest BCUT2D eigenvalue weighted by Crippen LogP contribution is 2.43. The van der Waals surface area contributed by atoms with Gasteiger partial charge in [0.1, 0.15) is 6.61 Å². The first-order chi connectivity index (χ1) is 24.8. The Hall–Kier alpha value is -3.07. The van der Waals surface area contributed by atoms with Crippen molar-refractivity contribution in [2.75, 3.05) is 26.4 Å². The fourth-order valence-corrected chi connectivity index (χ4v) is 5.10. The van der Waals surface area contributed by atoms with Crippen molar-refractivity contribution >= 4 is 19.8 Å². The van der Waals surface area contributed by atoms with Crippen LogP contribution >= 0.6 is 7.82 Å². The number of rotatable bonds is 33. The summed E-state index contributed by atoms with van der Waals surface area (Å²) in [4.78, 5) is 34.7. The molecular weight excluding hydrogens is 665 g/mol. The zero-order chi connectivity index (χ0) is 37.5. The molecule has 10 heteroatoms. The van der Waals surface area contributed by atoms with E-state index in [4.69, 9.17) is 24.3 Å². The van der Waals surface area contributed by atoms with Gasteiger partial charge in [-0.05, 0) is 70.6 Å². The summed E-state index contributed by atoms with van der Waals surface area (Å²) in [6.07, 6.45) is 45.8. The van der Waals surface area contributed by atoms with Crippen LogP contribution in [0.5, 0.6) is 0 Å². The van der Waals surface area contributed by atoms with Gasteiger partial charge in [0.25, 0.3) is 0 Å². The second-order valence-electron chi connectivity index (χ2n) is 11.8. The number of ether oxygens (including phenoxy) is 2. The molecule has 0 aromatic heterocycles. The fourth-order valence-electron chi connectivity index (χ4n) is 4.34. The van der Waals surface area contributed by atoms with Crippen molar-refractivity contribution < 1.29 is 37.6 Å². The first-order valence-electron chi connectivity index (χ1n) is 18.8. The van der Waals surface area contributed by atoms with E-state index in [0.717, 1.165) is 77.0 Å². The number of nitrogens with two attached hydrogens (primary N) is 1. The fraction of sp³-hybridized carbons (Fsp3) is 0.561. The molecule has 0 aromatic carbocycles. The topological polar surface area (TPSA) is 134 Å². The predicted octanol–water partition coefficient (Wildman–Crippen LogP) is 10.3. The van der Waals surface area contributed by atoms with Crippen LogP contribution in [-0.4, -0.2) is 49.3 Å². The Balaban J connectivity index is 4.38. The molecule has 3 N–H and O–H groups in total. The van der Waals surface area contributed by atoms with E-state index in [1.165, 1.54) is 0 Å². The molecule has 0 saturated carbocycles. The summed E-state index contributed by atoms with van der Waals surface area (Å²) in [7, 11) is -4.39. The lowest BCUT2D eigenvalue weighted by molar-refractivity contribution is -0.161. The van der Waals surface area contributed by atoms with Crippen LogP contribution < -0.4 is 5.73 Å². The predicted molar refractivity (Wildman–Crippen MR) is 210 cm³/mol. The monoisotopic (exact) mass is 731 g/mol. The molecule has 0 radical (unpaired) electrons. The Kier molecular flexibility index (Phi) is 34.5. The smallest absolute Gasteiger partial charge is 0.462 e. The highest BCUT2D eigenvalue weighted by molar-refractivity contribution is 7.47. The van der Waals surface area contributed by atoms with Gasteiger partial charge in [0.2, 0.25) is 0 Å². The molecular formula is C41H66NO8P. The number of allylic oxidation sites excluding steroid dienone is 16. The second kappa shape index (κ2) is 36.7. The third kappa shape index (κ3) is 36.5. The average molecular weight is 732 g/mol. The van der Waals surface area contributed by atoms with Crippen LogP contribution in [0.3, 0.4) is 0 Å². The van der Waals surface area contributed by atoms with Crippen LogP contribution in [0.25, 0.3) is 0 Å². The minimum atomic E-state index is -4.39. The number of phosphoric ester groups is 1. The van der Waals surface area contributed by atoms with Crippen molar-refractivity contribution in [1.29, 1.82) is 0 Å². The summed E-state index contributed by atoms with van der Waals surface area (Å²) in [6, 6.07) is 0. The standard InChI is InChI=1S/C41H66NO8P/c1-3-5-7-9-11-13-15-17-19-21-23-25-27-29-31-33-40(43)47-37-39(38-49-51(45,46)48-36-35-42)50-41(44)34-32-30-28-26-24-22-20-18-16-14-12-10-8-6-4-2/h5-8,10-14,16-20,23,25,39H,3-4,9,15,21-22,24,26-38,42H2,1-2H3,(H,45,46)/b7-5+,8-6+,12-10+,13-11+,16-14+,19-17+,20-18+,25-23+/t39-/m1/s1. The third-order valence-electron chi connectivity index (χ3n) is 7.06. The molecule has 0 aliphatic carbocycles. The van der Waals surface area contributed by atoms with Gasteiger partial charge in [0.15, 0.2) is 6.10 Å². The highest BCUT2D eigenvalue weighted by Gasteiger charge is 2.25. The van der Waals surface area contributed by atoms with Crippen molar-refractivity contribution in [3.63, 3.8) is 0 Å². The lowest BCUT2D eigenvalue weighted by Crippen LogP contribution is -2.29. The second-order valence-corrected chi connectivity index (χ2v) is 13.2. The largest absolute Gasteiger partial charge is 0.472 e. The number of hydrogen-bond acceptors (Lipinski definition) is 8. The number of hydrogen-bond donors (Lipinski definition) is 2. The minimum Gasteiger partial charge on any atom is -0.462 e. The first kappa shape index (κ1) is 47.9.